The first-order valence-corrected chi connectivity index (χ1v) is 3.13. The molecule has 0 aliphatic carbocycles. The van der Waals surface area contributed by atoms with Crippen molar-refractivity contribution in [2.24, 2.45) is 5.73 Å². The minimum Gasteiger partial charge on any atom is -0.466 e. The molecule has 0 amide bonds. The van der Waals surface area contributed by atoms with E-state index in [9.17, 15) is 4.79 Å². The number of ether oxygens (including phenoxy) is 1. The van der Waals surface area contributed by atoms with Gasteiger partial charge < -0.3 is 10.5 Å². The molecule has 3 nitrogen and oxygen atoms in total. The zero-order valence-corrected chi connectivity index (χ0v) is 6.59. The average molecular weight is 145 g/mol. The van der Waals surface area contributed by atoms with Gasteiger partial charge >= 0.3 is 5.97 Å². The number of esters is 1. The van der Waals surface area contributed by atoms with E-state index < -0.39 is 5.97 Å². The summed E-state index contributed by atoms with van der Waals surface area (Å²) in [5, 5.41) is 0. The molecular formula is C7H15NO2. The summed E-state index contributed by atoms with van der Waals surface area (Å²) in [6, 6.07) is 0. The second-order valence-corrected chi connectivity index (χ2v) is 1.52. The van der Waals surface area contributed by atoms with E-state index in [0.29, 0.717) is 0 Å². The van der Waals surface area contributed by atoms with E-state index in [-0.39, 0.29) is 0 Å². The van der Waals surface area contributed by atoms with Gasteiger partial charge in [-0.2, -0.15) is 0 Å². The molecule has 0 unspecified atom stereocenters. The van der Waals surface area contributed by atoms with Gasteiger partial charge in [0.25, 0.3) is 0 Å². The van der Waals surface area contributed by atoms with Crippen molar-refractivity contribution in [1.29, 1.82) is 0 Å². The molecule has 2 N–H and O–H groups in total. The molecule has 60 valence electrons. The predicted octanol–water partition coefficient (Wildman–Crippen LogP) is 0.701. The lowest BCUT2D eigenvalue weighted by atomic mass is 10.5. The lowest BCUT2D eigenvalue weighted by molar-refractivity contribution is -0.134. The number of hydrogen-bond acceptors (Lipinski definition) is 3. The Hall–Kier alpha value is -0.830. The predicted molar refractivity (Wildman–Crippen MR) is 41.6 cm³/mol. The Balaban J connectivity index is 0. The van der Waals surface area contributed by atoms with Crippen LogP contribution in [0.3, 0.4) is 0 Å². The number of nitrogens with two attached hydrogens (primary N) is 1. The molecule has 0 aromatic rings. The molecule has 0 aromatic carbocycles. The molecule has 0 spiro atoms. The van der Waals surface area contributed by atoms with Crippen LogP contribution < -0.4 is 5.73 Å². The molecule has 0 atom stereocenters. The summed E-state index contributed by atoms with van der Waals surface area (Å²) in [6.45, 7) is 6.03. The summed E-state index contributed by atoms with van der Waals surface area (Å²) < 4.78 is 4.14. The van der Waals surface area contributed by atoms with Crippen LogP contribution in [-0.2, 0) is 9.53 Å². The summed E-state index contributed by atoms with van der Waals surface area (Å²) in [5.41, 5.74) is 5.03. The number of rotatable bonds is 2. The standard InChI is InChI=1S/C4H6O2.C3H9N/c1-3-4(5)6-2;1-2-3-4/h3H,1H2,2H3;2-4H2,1H3. The molecular weight excluding hydrogens is 130 g/mol. The van der Waals surface area contributed by atoms with Gasteiger partial charge in [0.1, 0.15) is 0 Å². The molecule has 0 bridgehead atoms. The molecule has 0 radical (unpaired) electrons. The summed E-state index contributed by atoms with van der Waals surface area (Å²) in [4.78, 5) is 9.84. The fourth-order valence-electron chi connectivity index (χ4n) is 0.0833. The minimum atomic E-state index is -0.394. The van der Waals surface area contributed by atoms with Gasteiger partial charge in [0.2, 0.25) is 0 Å². The minimum absolute atomic E-state index is 0.394. The zero-order valence-electron chi connectivity index (χ0n) is 6.59. The largest absolute Gasteiger partial charge is 0.466 e. The number of carbonyl (C=O) groups is 1. The monoisotopic (exact) mass is 145 g/mol. The van der Waals surface area contributed by atoms with Crippen LogP contribution >= 0.6 is 0 Å². The number of carbonyl (C=O) groups excluding carboxylic acids is 1. The summed E-state index contributed by atoms with van der Waals surface area (Å²) in [7, 11) is 1.31. The first kappa shape index (κ1) is 11.9. The highest BCUT2D eigenvalue weighted by atomic mass is 16.5. The van der Waals surface area contributed by atoms with Crippen LogP contribution in [-0.4, -0.2) is 19.6 Å². The Bertz CT molecular complexity index is 89.6. The molecule has 10 heavy (non-hydrogen) atoms. The Morgan fingerprint density at radius 2 is 2.20 bits per heavy atom. The van der Waals surface area contributed by atoms with Crippen molar-refractivity contribution in [3.05, 3.63) is 12.7 Å². The number of methoxy groups -OCH3 is 1. The van der Waals surface area contributed by atoms with E-state index in [1.165, 1.54) is 7.11 Å². The maximum Gasteiger partial charge on any atom is 0.329 e. The van der Waals surface area contributed by atoms with E-state index in [1.54, 1.807) is 0 Å². The van der Waals surface area contributed by atoms with Crippen LogP contribution in [0.5, 0.6) is 0 Å². The quantitative estimate of drug-likeness (QED) is 0.459. The highest BCUT2D eigenvalue weighted by Gasteiger charge is 1.81. The van der Waals surface area contributed by atoms with E-state index in [4.69, 9.17) is 5.73 Å². The lowest BCUT2D eigenvalue weighted by Crippen LogP contribution is -1.93. The highest BCUT2D eigenvalue weighted by Crippen LogP contribution is 1.67. The Morgan fingerprint density at radius 3 is 2.20 bits per heavy atom. The first-order chi connectivity index (χ1) is 4.72. The highest BCUT2D eigenvalue weighted by molar-refractivity contribution is 5.80. The molecule has 0 heterocycles. The third-order valence-corrected chi connectivity index (χ3v) is 0.657. The summed E-state index contributed by atoms with van der Waals surface area (Å²) >= 11 is 0. The van der Waals surface area contributed by atoms with Gasteiger partial charge in [-0.05, 0) is 13.0 Å². The van der Waals surface area contributed by atoms with Gasteiger partial charge in [-0.15, -0.1) is 0 Å². The SMILES string of the molecule is C=CC(=O)OC.CCCN. The van der Waals surface area contributed by atoms with Crippen molar-refractivity contribution < 1.29 is 9.53 Å². The molecule has 0 aliphatic rings. The normalized spacial score (nSPS) is 7.10. The topological polar surface area (TPSA) is 52.3 Å². The van der Waals surface area contributed by atoms with Gasteiger partial charge in [0.15, 0.2) is 0 Å². The maximum absolute atomic E-state index is 9.84. The maximum atomic E-state index is 9.84. The van der Waals surface area contributed by atoms with E-state index in [1.807, 2.05) is 0 Å². The van der Waals surface area contributed by atoms with Crippen LogP contribution in [0.25, 0.3) is 0 Å². The third-order valence-electron chi connectivity index (χ3n) is 0.657. The van der Waals surface area contributed by atoms with Gasteiger partial charge in [-0.25, -0.2) is 4.79 Å². The Morgan fingerprint density at radius 1 is 1.80 bits per heavy atom. The fourth-order valence-corrected chi connectivity index (χ4v) is 0.0833. The van der Waals surface area contributed by atoms with Gasteiger partial charge in [-0.3, -0.25) is 0 Å². The first-order valence-electron chi connectivity index (χ1n) is 3.13. The second kappa shape index (κ2) is 11.0. The molecule has 0 rings (SSSR count). The van der Waals surface area contributed by atoms with Gasteiger partial charge in [0, 0.05) is 6.08 Å². The van der Waals surface area contributed by atoms with Gasteiger partial charge in [-0.1, -0.05) is 13.5 Å². The van der Waals surface area contributed by atoms with Crippen molar-refractivity contribution in [3.63, 3.8) is 0 Å². The van der Waals surface area contributed by atoms with Crippen molar-refractivity contribution in [3.8, 4) is 0 Å². The summed E-state index contributed by atoms with van der Waals surface area (Å²) in [6.07, 6.45) is 2.21. The van der Waals surface area contributed by atoms with Crippen LogP contribution in [0.1, 0.15) is 13.3 Å². The Labute approximate surface area is 61.9 Å². The van der Waals surface area contributed by atoms with E-state index in [2.05, 4.69) is 18.2 Å². The fraction of sp³-hybridized carbons (Fsp3) is 0.571. The van der Waals surface area contributed by atoms with E-state index >= 15 is 0 Å². The van der Waals surface area contributed by atoms with Crippen LogP contribution in [0.15, 0.2) is 12.7 Å². The van der Waals surface area contributed by atoms with Crippen LogP contribution in [0.2, 0.25) is 0 Å². The average Bonchev–Trinajstić information content (AvgIpc) is 2.03. The van der Waals surface area contributed by atoms with Crippen molar-refractivity contribution in [1.82, 2.24) is 0 Å². The molecule has 0 saturated heterocycles. The van der Waals surface area contributed by atoms with Crippen LogP contribution in [0.4, 0.5) is 0 Å². The van der Waals surface area contributed by atoms with Crippen molar-refractivity contribution in [2.75, 3.05) is 13.7 Å². The lowest BCUT2D eigenvalue weighted by Gasteiger charge is -1.83. The molecule has 0 aliphatic heterocycles. The molecule has 0 saturated carbocycles. The molecule has 0 aromatic heterocycles. The molecule has 0 fully saturated rings. The Kier molecular flexibility index (Phi) is 13.1. The van der Waals surface area contributed by atoms with Crippen LogP contribution in [0, 0.1) is 0 Å². The van der Waals surface area contributed by atoms with Crippen molar-refractivity contribution >= 4 is 5.97 Å². The smallest absolute Gasteiger partial charge is 0.329 e. The second-order valence-electron chi connectivity index (χ2n) is 1.52. The number of hydrogen-bond donors (Lipinski definition) is 1. The van der Waals surface area contributed by atoms with Gasteiger partial charge in [0.05, 0.1) is 7.11 Å². The third kappa shape index (κ3) is 15.7. The van der Waals surface area contributed by atoms with Crippen molar-refractivity contribution in [2.45, 2.75) is 13.3 Å². The zero-order chi connectivity index (χ0) is 8.41. The summed E-state index contributed by atoms with van der Waals surface area (Å²) in [5.74, 6) is -0.394. The van der Waals surface area contributed by atoms with E-state index in [0.717, 1.165) is 19.0 Å². The molecule has 3 heteroatoms.